The first kappa shape index (κ1) is 14.3. The Hall–Kier alpha value is -1.16. The molecule has 0 radical (unpaired) electrons. The Kier molecular flexibility index (Phi) is 5.14. The summed E-state index contributed by atoms with van der Waals surface area (Å²) in [4.78, 5) is 12.7. The van der Waals surface area contributed by atoms with Crippen LogP contribution in [0.25, 0.3) is 0 Å². The van der Waals surface area contributed by atoms with Crippen LogP contribution in [-0.4, -0.2) is 39.4 Å². The van der Waals surface area contributed by atoms with Gasteiger partial charge in [-0.15, -0.1) is 11.3 Å². The van der Waals surface area contributed by atoms with Crippen LogP contribution in [0.15, 0.2) is 11.4 Å². The molecule has 1 amide bonds. The van der Waals surface area contributed by atoms with Gasteiger partial charge in [-0.1, -0.05) is 11.8 Å². The first-order chi connectivity index (χ1) is 9.20. The van der Waals surface area contributed by atoms with Gasteiger partial charge in [0.15, 0.2) is 0 Å². The van der Waals surface area contributed by atoms with Gasteiger partial charge in [-0.05, 0) is 24.3 Å². The first-order valence-corrected chi connectivity index (χ1v) is 8.40. The van der Waals surface area contributed by atoms with Crippen LogP contribution < -0.4 is 5.32 Å². The monoisotopic (exact) mass is 297 g/mol. The smallest absolute Gasteiger partial charge is 0.262 e. The molecule has 2 heterocycles. The normalized spacial score (nSPS) is 22.4. The molecule has 1 fully saturated rings. The van der Waals surface area contributed by atoms with E-state index in [4.69, 9.17) is 5.11 Å². The summed E-state index contributed by atoms with van der Waals surface area (Å²) in [7, 11) is -0.720. The Morgan fingerprint density at radius 3 is 2.95 bits per heavy atom. The summed E-state index contributed by atoms with van der Waals surface area (Å²) >= 11 is 1.34. The predicted molar refractivity (Wildman–Crippen MR) is 76.6 cm³/mol. The maximum absolute atomic E-state index is 12.1. The molecule has 0 aromatic carbocycles. The number of carbonyl (C=O) groups excluding carboxylic acids is 1. The average Bonchev–Trinajstić information content (AvgIpc) is 2.87. The molecule has 0 unspecified atom stereocenters. The number of hydrogen-bond acceptors (Lipinski definition) is 4. The van der Waals surface area contributed by atoms with Crippen molar-refractivity contribution in [2.24, 2.45) is 0 Å². The first-order valence-electron chi connectivity index (χ1n) is 6.03. The quantitative estimate of drug-likeness (QED) is 0.791. The van der Waals surface area contributed by atoms with Crippen molar-refractivity contribution >= 4 is 28.0 Å². The van der Waals surface area contributed by atoms with E-state index >= 15 is 0 Å². The van der Waals surface area contributed by atoms with Crippen molar-refractivity contribution in [2.45, 2.75) is 18.9 Å². The summed E-state index contributed by atoms with van der Waals surface area (Å²) in [5, 5.41) is 13.5. The van der Waals surface area contributed by atoms with Crippen molar-refractivity contribution in [3.8, 4) is 11.8 Å². The second-order valence-corrected chi connectivity index (χ2v) is 6.83. The van der Waals surface area contributed by atoms with Crippen LogP contribution in [0, 0.1) is 11.8 Å². The number of aliphatic hydroxyl groups is 1. The second kappa shape index (κ2) is 6.85. The lowest BCUT2D eigenvalue weighted by Crippen LogP contribution is -2.39. The fourth-order valence-corrected chi connectivity index (χ4v) is 3.96. The zero-order valence-electron chi connectivity index (χ0n) is 10.3. The third-order valence-electron chi connectivity index (χ3n) is 2.90. The highest BCUT2D eigenvalue weighted by molar-refractivity contribution is 7.85. The third-order valence-corrected chi connectivity index (χ3v) is 5.19. The van der Waals surface area contributed by atoms with Crippen LogP contribution in [-0.2, 0) is 10.8 Å². The minimum absolute atomic E-state index is 0.103. The second-order valence-electron chi connectivity index (χ2n) is 4.22. The van der Waals surface area contributed by atoms with Crippen LogP contribution in [0.5, 0.6) is 0 Å². The maximum Gasteiger partial charge on any atom is 0.262 e. The Bertz CT molecular complexity index is 532. The van der Waals surface area contributed by atoms with E-state index in [-0.39, 0.29) is 18.6 Å². The molecule has 0 bridgehead atoms. The summed E-state index contributed by atoms with van der Waals surface area (Å²) in [6, 6.07) is 1.88. The van der Waals surface area contributed by atoms with Crippen molar-refractivity contribution in [1.82, 2.24) is 5.32 Å². The lowest BCUT2D eigenvalue weighted by Gasteiger charge is -2.22. The average molecular weight is 297 g/mol. The predicted octanol–water partition coefficient (Wildman–Crippen LogP) is 0.733. The molecule has 1 aliphatic heterocycles. The highest BCUT2D eigenvalue weighted by Crippen LogP contribution is 2.17. The highest BCUT2D eigenvalue weighted by Gasteiger charge is 2.21. The van der Waals surface area contributed by atoms with Crippen molar-refractivity contribution in [1.29, 1.82) is 0 Å². The summed E-state index contributed by atoms with van der Waals surface area (Å²) < 4.78 is 11.3. The van der Waals surface area contributed by atoms with E-state index in [0.717, 1.165) is 12.8 Å². The molecule has 1 saturated heterocycles. The van der Waals surface area contributed by atoms with E-state index < -0.39 is 10.8 Å². The molecule has 0 spiro atoms. The van der Waals surface area contributed by atoms with Crippen LogP contribution in [0.3, 0.4) is 0 Å². The summed E-state index contributed by atoms with van der Waals surface area (Å²) in [6.07, 6.45) is 1.53. The number of thiophene rings is 1. The van der Waals surface area contributed by atoms with Crippen molar-refractivity contribution < 1.29 is 14.1 Å². The lowest BCUT2D eigenvalue weighted by molar-refractivity contribution is 0.0938. The zero-order valence-corrected chi connectivity index (χ0v) is 12.0. The molecule has 4 nitrogen and oxygen atoms in total. The highest BCUT2D eigenvalue weighted by atomic mass is 32.2. The Morgan fingerprint density at radius 2 is 2.26 bits per heavy atom. The molecular formula is C13H15NO3S2. The van der Waals surface area contributed by atoms with Crippen LogP contribution >= 0.6 is 11.3 Å². The molecule has 2 N–H and O–H groups in total. The molecule has 0 saturated carbocycles. The topological polar surface area (TPSA) is 66.4 Å². The standard InChI is InChI=1S/C13H15NO3S2/c15-6-1-2-10-3-7-18-12(10)13(16)14-11-4-8-19(17)9-5-11/h3,7,11,15H,4-6,8-9H2,(H,14,16). The van der Waals surface area contributed by atoms with Crippen LogP contribution in [0.2, 0.25) is 0 Å². The molecule has 2 rings (SSSR count). The molecule has 102 valence electrons. The van der Waals surface area contributed by atoms with E-state index in [1.807, 2.05) is 5.38 Å². The number of amides is 1. The molecule has 0 aliphatic carbocycles. The van der Waals surface area contributed by atoms with Gasteiger partial charge in [-0.25, -0.2) is 0 Å². The number of nitrogens with one attached hydrogen (secondary N) is 1. The fraction of sp³-hybridized carbons (Fsp3) is 0.462. The summed E-state index contributed by atoms with van der Waals surface area (Å²) in [5.41, 5.74) is 0.649. The number of hydrogen-bond donors (Lipinski definition) is 2. The number of carbonyl (C=O) groups is 1. The van der Waals surface area contributed by atoms with Gasteiger partial charge in [-0.3, -0.25) is 9.00 Å². The maximum atomic E-state index is 12.1. The molecule has 1 aromatic rings. The molecule has 1 aromatic heterocycles. The van der Waals surface area contributed by atoms with Gasteiger partial charge in [0.05, 0.1) is 0 Å². The summed E-state index contributed by atoms with van der Waals surface area (Å²) in [5.74, 6) is 6.51. The van der Waals surface area contributed by atoms with E-state index in [9.17, 15) is 9.00 Å². The van der Waals surface area contributed by atoms with Gasteiger partial charge in [-0.2, -0.15) is 0 Å². The van der Waals surface area contributed by atoms with Crippen LogP contribution in [0.4, 0.5) is 0 Å². The van der Waals surface area contributed by atoms with Crippen molar-refractivity contribution in [3.63, 3.8) is 0 Å². The Morgan fingerprint density at radius 1 is 1.53 bits per heavy atom. The third kappa shape index (κ3) is 3.90. The van der Waals surface area contributed by atoms with E-state index in [1.54, 1.807) is 6.07 Å². The van der Waals surface area contributed by atoms with Crippen LogP contribution in [0.1, 0.15) is 28.1 Å². The SMILES string of the molecule is O=C(NC1CCS(=O)CC1)c1sccc1C#CCO. The molecule has 1 aliphatic rings. The number of aliphatic hydroxyl groups excluding tert-OH is 1. The molecule has 19 heavy (non-hydrogen) atoms. The molecule has 6 heteroatoms. The zero-order chi connectivity index (χ0) is 13.7. The van der Waals surface area contributed by atoms with Crippen molar-refractivity contribution in [2.75, 3.05) is 18.1 Å². The fourth-order valence-electron chi connectivity index (χ4n) is 1.91. The van der Waals surface area contributed by atoms with E-state index in [0.29, 0.717) is 21.9 Å². The van der Waals surface area contributed by atoms with Gasteiger partial charge in [0.25, 0.3) is 5.91 Å². The number of rotatable bonds is 2. The Balaban J connectivity index is 2.00. The summed E-state index contributed by atoms with van der Waals surface area (Å²) in [6.45, 7) is -0.217. The van der Waals surface area contributed by atoms with Gasteiger partial charge >= 0.3 is 0 Å². The minimum atomic E-state index is -0.720. The van der Waals surface area contributed by atoms with Crippen molar-refractivity contribution in [3.05, 3.63) is 21.9 Å². The largest absolute Gasteiger partial charge is 0.384 e. The molecule has 0 atom stereocenters. The van der Waals surface area contributed by atoms with Gasteiger partial charge in [0, 0.05) is 33.9 Å². The minimum Gasteiger partial charge on any atom is -0.384 e. The van der Waals surface area contributed by atoms with E-state index in [1.165, 1.54) is 11.3 Å². The molecular weight excluding hydrogens is 282 g/mol. The van der Waals surface area contributed by atoms with Gasteiger partial charge in [0.1, 0.15) is 11.5 Å². The van der Waals surface area contributed by atoms with Gasteiger partial charge in [0.2, 0.25) is 0 Å². The lowest BCUT2D eigenvalue weighted by atomic mass is 10.1. The Labute approximate surface area is 118 Å². The van der Waals surface area contributed by atoms with E-state index in [2.05, 4.69) is 17.2 Å². The van der Waals surface area contributed by atoms with Gasteiger partial charge < -0.3 is 10.4 Å².